The molecular formula is C18H28BrClN2O. The van der Waals surface area contributed by atoms with Gasteiger partial charge in [0.25, 0.3) is 0 Å². The van der Waals surface area contributed by atoms with Gasteiger partial charge < -0.3 is 10.6 Å². The van der Waals surface area contributed by atoms with Crippen molar-refractivity contribution in [2.75, 3.05) is 13.1 Å². The standard InChI is InChI=1S/C18H27BrN2O.ClH/c1-3-14(11-15-7-4-5-9-17(15)19)18(22)21-10-6-8-16(12-21)13(2)20;/h4-5,7,9,13-14,16H,3,6,8,10-12,20H2,1-2H3;1H. The number of halogens is 2. The van der Waals surface area contributed by atoms with Crippen molar-refractivity contribution < 1.29 is 4.79 Å². The second-order valence-corrected chi connectivity index (χ2v) is 7.30. The van der Waals surface area contributed by atoms with E-state index in [-0.39, 0.29) is 24.4 Å². The van der Waals surface area contributed by atoms with Crippen LogP contribution in [0.25, 0.3) is 0 Å². The van der Waals surface area contributed by atoms with E-state index in [1.807, 2.05) is 23.1 Å². The molecule has 3 nitrogen and oxygen atoms in total. The summed E-state index contributed by atoms with van der Waals surface area (Å²) in [5.74, 6) is 0.799. The first-order chi connectivity index (χ1) is 10.5. The molecule has 2 N–H and O–H groups in total. The summed E-state index contributed by atoms with van der Waals surface area (Å²) >= 11 is 3.59. The molecule has 1 aliphatic rings. The van der Waals surface area contributed by atoms with Crippen LogP contribution in [0.2, 0.25) is 0 Å². The lowest BCUT2D eigenvalue weighted by Crippen LogP contribution is -2.47. The Bertz CT molecular complexity index is 510. The Labute approximate surface area is 154 Å². The van der Waals surface area contributed by atoms with Crippen LogP contribution in [0.4, 0.5) is 0 Å². The molecule has 2 rings (SSSR count). The number of hydrogen-bond donors (Lipinski definition) is 1. The molecule has 3 atom stereocenters. The van der Waals surface area contributed by atoms with Gasteiger partial charge in [0.2, 0.25) is 5.91 Å². The summed E-state index contributed by atoms with van der Waals surface area (Å²) in [4.78, 5) is 14.9. The lowest BCUT2D eigenvalue weighted by atomic mass is 9.89. The fourth-order valence-corrected chi connectivity index (χ4v) is 3.68. The molecule has 0 spiro atoms. The minimum atomic E-state index is 0. The minimum Gasteiger partial charge on any atom is -0.342 e. The highest BCUT2D eigenvalue weighted by atomic mass is 79.9. The Kier molecular flexibility index (Phi) is 8.59. The van der Waals surface area contributed by atoms with Crippen molar-refractivity contribution in [3.8, 4) is 0 Å². The lowest BCUT2D eigenvalue weighted by molar-refractivity contribution is -0.137. The van der Waals surface area contributed by atoms with E-state index < -0.39 is 0 Å². The van der Waals surface area contributed by atoms with Crippen molar-refractivity contribution in [3.63, 3.8) is 0 Å². The van der Waals surface area contributed by atoms with Gasteiger partial charge in [-0.05, 0) is 50.2 Å². The lowest BCUT2D eigenvalue weighted by Gasteiger charge is -2.36. The highest BCUT2D eigenvalue weighted by Gasteiger charge is 2.29. The average molecular weight is 404 g/mol. The first kappa shape index (κ1) is 20.5. The molecule has 0 aromatic heterocycles. The van der Waals surface area contributed by atoms with Gasteiger partial charge in [-0.2, -0.15) is 0 Å². The second kappa shape index (κ2) is 9.65. The number of likely N-dealkylation sites (tertiary alicyclic amines) is 1. The Morgan fingerprint density at radius 1 is 1.43 bits per heavy atom. The van der Waals surface area contributed by atoms with E-state index in [1.165, 1.54) is 5.56 Å². The van der Waals surface area contributed by atoms with Crippen molar-refractivity contribution >= 4 is 34.2 Å². The minimum absolute atomic E-state index is 0. The summed E-state index contributed by atoms with van der Waals surface area (Å²) in [5, 5.41) is 0. The van der Waals surface area contributed by atoms with E-state index >= 15 is 0 Å². The number of piperidine rings is 1. The maximum Gasteiger partial charge on any atom is 0.226 e. The third-order valence-electron chi connectivity index (χ3n) is 4.78. The third kappa shape index (κ3) is 5.47. The smallest absolute Gasteiger partial charge is 0.226 e. The number of carbonyl (C=O) groups excluding carboxylic acids is 1. The van der Waals surface area contributed by atoms with Gasteiger partial charge in [-0.15, -0.1) is 12.4 Å². The third-order valence-corrected chi connectivity index (χ3v) is 5.55. The Hall–Kier alpha value is -0.580. The fraction of sp³-hybridized carbons (Fsp3) is 0.611. The van der Waals surface area contributed by atoms with E-state index in [0.29, 0.717) is 11.8 Å². The first-order valence-corrected chi connectivity index (χ1v) is 9.10. The van der Waals surface area contributed by atoms with Crippen molar-refractivity contribution in [2.45, 2.75) is 45.6 Å². The van der Waals surface area contributed by atoms with E-state index in [0.717, 1.165) is 43.2 Å². The predicted molar refractivity (Wildman–Crippen MR) is 102 cm³/mol. The van der Waals surface area contributed by atoms with Crippen molar-refractivity contribution in [1.82, 2.24) is 4.90 Å². The molecule has 5 heteroatoms. The normalized spacial score (nSPS) is 20.5. The number of amides is 1. The zero-order valence-electron chi connectivity index (χ0n) is 14.0. The number of hydrogen-bond acceptors (Lipinski definition) is 2. The van der Waals surface area contributed by atoms with Gasteiger partial charge in [0, 0.05) is 29.5 Å². The summed E-state index contributed by atoms with van der Waals surface area (Å²) in [7, 11) is 0. The SMILES string of the molecule is CCC(Cc1ccccc1Br)C(=O)N1CCCC(C(C)N)C1.Cl. The Balaban J connectivity index is 0.00000264. The molecule has 0 bridgehead atoms. The second-order valence-electron chi connectivity index (χ2n) is 6.45. The number of carbonyl (C=O) groups is 1. The van der Waals surface area contributed by atoms with Crippen molar-refractivity contribution in [3.05, 3.63) is 34.3 Å². The molecule has 1 aromatic rings. The number of benzene rings is 1. The van der Waals surface area contributed by atoms with Gasteiger partial charge in [0.05, 0.1) is 0 Å². The van der Waals surface area contributed by atoms with Crippen LogP contribution >= 0.6 is 28.3 Å². The van der Waals surface area contributed by atoms with Gasteiger partial charge in [-0.3, -0.25) is 4.79 Å². The average Bonchev–Trinajstić information content (AvgIpc) is 2.53. The van der Waals surface area contributed by atoms with Crippen LogP contribution in [0.15, 0.2) is 28.7 Å². The summed E-state index contributed by atoms with van der Waals surface area (Å²) in [6, 6.07) is 8.35. The summed E-state index contributed by atoms with van der Waals surface area (Å²) in [6.07, 6.45) is 3.89. The molecule has 130 valence electrons. The van der Waals surface area contributed by atoms with Crippen LogP contribution in [0, 0.1) is 11.8 Å². The molecule has 0 aliphatic carbocycles. The molecule has 1 aromatic carbocycles. The van der Waals surface area contributed by atoms with E-state index in [4.69, 9.17) is 5.73 Å². The molecule has 3 unspecified atom stereocenters. The zero-order chi connectivity index (χ0) is 16.1. The van der Waals surface area contributed by atoms with E-state index in [2.05, 4.69) is 35.8 Å². The monoisotopic (exact) mass is 402 g/mol. The van der Waals surface area contributed by atoms with Gasteiger partial charge in [0.15, 0.2) is 0 Å². The summed E-state index contributed by atoms with van der Waals surface area (Å²) in [6.45, 7) is 5.86. The van der Waals surface area contributed by atoms with Crippen LogP contribution in [0.3, 0.4) is 0 Å². The van der Waals surface area contributed by atoms with Crippen molar-refractivity contribution in [1.29, 1.82) is 0 Å². The van der Waals surface area contributed by atoms with Gasteiger partial charge >= 0.3 is 0 Å². The van der Waals surface area contributed by atoms with Crippen LogP contribution in [-0.2, 0) is 11.2 Å². The van der Waals surface area contributed by atoms with E-state index in [1.54, 1.807) is 0 Å². The molecule has 1 fully saturated rings. The first-order valence-electron chi connectivity index (χ1n) is 8.30. The van der Waals surface area contributed by atoms with Gasteiger partial charge in [0.1, 0.15) is 0 Å². The largest absolute Gasteiger partial charge is 0.342 e. The Morgan fingerprint density at radius 3 is 2.74 bits per heavy atom. The zero-order valence-corrected chi connectivity index (χ0v) is 16.4. The Morgan fingerprint density at radius 2 is 2.13 bits per heavy atom. The van der Waals surface area contributed by atoms with Crippen LogP contribution in [0.1, 0.15) is 38.7 Å². The van der Waals surface area contributed by atoms with Crippen LogP contribution < -0.4 is 5.73 Å². The molecule has 1 heterocycles. The summed E-state index contributed by atoms with van der Waals surface area (Å²) < 4.78 is 1.09. The highest BCUT2D eigenvalue weighted by molar-refractivity contribution is 9.10. The fourth-order valence-electron chi connectivity index (χ4n) is 3.23. The van der Waals surface area contributed by atoms with E-state index in [9.17, 15) is 4.79 Å². The number of nitrogens with zero attached hydrogens (tertiary/aromatic N) is 1. The van der Waals surface area contributed by atoms with Gasteiger partial charge in [-0.1, -0.05) is 41.1 Å². The number of rotatable bonds is 5. The number of nitrogens with two attached hydrogens (primary N) is 1. The molecular weight excluding hydrogens is 376 g/mol. The highest BCUT2D eigenvalue weighted by Crippen LogP contribution is 2.25. The molecule has 1 amide bonds. The summed E-state index contributed by atoms with van der Waals surface area (Å²) in [5.41, 5.74) is 7.25. The van der Waals surface area contributed by atoms with Crippen molar-refractivity contribution in [2.24, 2.45) is 17.6 Å². The molecule has 0 radical (unpaired) electrons. The van der Waals surface area contributed by atoms with Crippen LogP contribution in [0.5, 0.6) is 0 Å². The molecule has 1 saturated heterocycles. The maximum absolute atomic E-state index is 12.9. The molecule has 1 aliphatic heterocycles. The maximum atomic E-state index is 12.9. The quantitative estimate of drug-likeness (QED) is 0.807. The molecule has 0 saturated carbocycles. The topological polar surface area (TPSA) is 46.3 Å². The van der Waals surface area contributed by atoms with Crippen LogP contribution in [-0.4, -0.2) is 29.9 Å². The molecule has 23 heavy (non-hydrogen) atoms. The van der Waals surface area contributed by atoms with Gasteiger partial charge in [-0.25, -0.2) is 0 Å². The predicted octanol–water partition coefficient (Wildman–Crippen LogP) is 4.03.